The molecule has 2 heterocycles. The largest absolute Gasteiger partial charge is 0.379 e. The molecule has 0 aromatic heterocycles. The van der Waals surface area contributed by atoms with Crippen molar-refractivity contribution in [2.45, 2.75) is 51.4 Å². The minimum atomic E-state index is 0. The normalized spacial score (nSPS) is 25.8. The first-order valence-corrected chi connectivity index (χ1v) is 10.0. The van der Waals surface area contributed by atoms with E-state index in [2.05, 4.69) is 15.5 Å². The van der Waals surface area contributed by atoms with Gasteiger partial charge in [0.05, 0.1) is 13.2 Å². The van der Waals surface area contributed by atoms with Crippen LogP contribution in [0.3, 0.4) is 0 Å². The van der Waals surface area contributed by atoms with Crippen molar-refractivity contribution in [3.8, 4) is 0 Å². The highest BCUT2D eigenvalue weighted by Gasteiger charge is 2.34. The summed E-state index contributed by atoms with van der Waals surface area (Å²) >= 11 is 0. The predicted molar refractivity (Wildman–Crippen MR) is 110 cm³/mol. The number of carbonyl (C=O) groups is 1. The van der Waals surface area contributed by atoms with Crippen LogP contribution >= 0.6 is 24.8 Å². The molecule has 5 nitrogen and oxygen atoms in total. The van der Waals surface area contributed by atoms with Crippen LogP contribution in [0.15, 0.2) is 0 Å². The van der Waals surface area contributed by atoms with Gasteiger partial charge in [-0.2, -0.15) is 0 Å². The average Bonchev–Trinajstić information content (AvgIpc) is 3.14. The molecule has 154 valence electrons. The zero-order valence-electron chi connectivity index (χ0n) is 16.0. The SMILES string of the molecule is Cl.Cl.O=C(CCC1CCNC1)NCC1(CN2CCOCC2)CCCCC1. The van der Waals surface area contributed by atoms with Gasteiger partial charge < -0.3 is 15.4 Å². The zero-order valence-corrected chi connectivity index (χ0v) is 17.6. The first kappa shape index (κ1) is 24.0. The summed E-state index contributed by atoms with van der Waals surface area (Å²) in [5, 5.41) is 6.67. The van der Waals surface area contributed by atoms with Crippen molar-refractivity contribution in [3.63, 3.8) is 0 Å². The van der Waals surface area contributed by atoms with Crippen molar-refractivity contribution in [3.05, 3.63) is 0 Å². The van der Waals surface area contributed by atoms with E-state index in [1.807, 2.05) is 0 Å². The Morgan fingerprint density at radius 2 is 1.88 bits per heavy atom. The van der Waals surface area contributed by atoms with Gasteiger partial charge >= 0.3 is 0 Å². The van der Waals surface area contributed by atoms with E-state index >= 15 is 0 Å². The van der Waals surface area contributed by atoms with Crippen LogP contribution in [0, 0.1) is 11.3 Å². The smallest absolute Gasteiger partial charge is 0.220 e. The second-order valence-electron chi connectivity index (χ2n) is 8.12. The fourth-order valence-electron chi connectivity index (χ4n) is 4.60. The number of amides is 1. The van der Waals surface area contributed by atoms with E-state index in [4.69, 9.17) is 4.74 Å². The van der Waals surface area contributed by atoms with E-state index in [0.717, 1.165) is 58.9 Å². The number of halogens is 2. The fraction of sp³-hybridized carbons (Fsp3) is 0.947. The Morgan fingerprint density at radius 3 is 2.54 bits per heavy atom. The highest BCUT2D eigenvalue weighted by molar-refractivity contribution is 5.85. The Bertz CT molecular complexity index is 394. The van der Waals surface area contributed by atoms with Crippen LogP contribution in [-0.4, -0.2) is 63.3 Å². The van der Waals surface area contributed by atoms with Crippen molar-refractivity contribution < 1.29 is 9.53 Å². The summed E-state index contributed by atoms with van der Waals surface area (Å²) in [5.74, 6) is 0.960. The van der Waals surface area contributed by atoms with Crippen molar-refractivity contribution in [1.29, 1.82) is 0 Å². The molecule has 1 amide bonds. The lowest BCUT2D eigenvalue weighted by molar-refractivity contribution is -0.122. The maximum atomic E-state index is 12.3. The molecule has 3 rings (SSSR count). The maximum absolute atomic E-state index is 12.3. The number of carbonyl (C=O) groups excluding carboxylic acids is 1. The topological polar surface area (TPSA) is 53.6 Å². The van der Waals surface area contributed by atoms with Crippen LogP contribution in [0.5, 0.6) is 0 Å². The van der Waals surface area contributed by atoms with Gasteiger partial charge in [0.2, 0.25) is 5.91 Å². The lowest BCUT2D eigenvalue weighted by Gasteiger charge is -2.42. The molecule has 0 bridgehead atoms. The maximum Gasteiger partial charge on any atom is 0.220 e. The van der Waals surface area contributed by atoms with Gasteiger partial charge in [0.25, 0.3) is 0 Å². The molecular weight excluding hydrogens is 373 g/mol. The third kappa shape index (κ3) is 7.51. The summed E-state index contributed by atoms with van der Waals surface area (Å²) in [6.07, 6.45) is 9.47. The van der Waals surface area contributed by atoms with E-state index in [1.54, 1.807) is 0 Å². The molecule has 2 saturated heterocycles. The molecule has 2 N–H and O–H groups in total. The van der Waals surface area contributed by atoms with Crippen LogP contribution in [0.1, 0.15) is 51.4 Å². The monoisotopic (exact) mass is 409 g/mol. The van der Waals surface area contributed by atoms with Crippen LogP contribution in [0.25, 0.3) is 0 Å². The van der Waals surface area contributed by atoms with Crippen molar-refractivity contribution in [2.24, 2.45) is 11.3 Å². The average molecular weight is 410 g/mol. The second kappa shape index (κ2) is 12.4. The first-order chi connectivity index (χ1) is 11.8. The Kier molecular flexibility index (Phi) is 11.4. The Balaban J connectivity index is 0.00000169. The Hall–Kier alpha value is -0.0700. The number of hydrogen-bond acceptors (Lipinski definition) is 4. The number of ether oxygens (including phenoxy) is 1. The highest BCUT2D eigenvalue weighted by Crippen LogP contribution is 2.36. The number of hydrogen-bond donors (Lipinski definition) is 2. The lowest BCUT2D eigenvalue weighted by Crippen LogP contribution is -2.49. The van der Waals surface area contributed by atoms with Gasteiger partial charge in [-0.1, -0.05) is 19.3 Å². The fourth-order valence-corrected chi connectivity index (χ4v) is 4.60. The van der Waals surface area contributed by atoms with Gasteiger partial charge in [-0.25, -0.2) is 0 Å². The van der Waals surface area contributed by atoms with Crippen molar-refractivity contribution in [2.75, 3.05) is 52.5 Å². The third-order valence-electron chi connectivity index (χ3n) is 6.18. The molecule has 0 radical (unpaired) electrons. The number of morpholine rings is 1. The van der Waals surface area contributed by atoms with E-state index in [9.17, 15) is 4.79 Å². The van der Waals surface area contributed by atoms with E-state index < -0.39 is 0 Å². The summed E-state index contributed by atoms with van der Waals surface area (Å²) in [6, 6.07) is 0. The number of nitrogens with zero attached hydrogens (tertiary/aromatic N) is 1. The molecule has 1 atom stereocenters. The van der Waals surface area contributed by atoms with E-state index in [0.29, 0.717) is 17.8 Å². The molecule has 0 aromatic rings. The van der Waals surface area contributed by atoms with Gasteiger partial charge in [-0.05, 0) is 44.7 Å². The summed E-state index contributed by atoms with van der Waals surface area (Å²) in [4.78, 5) is 14.9. The van der Waals surface area contributed by atoms with Crippen molar-refractivity contribution >= 4 is 30.7 Å². The van der Waals surface area contributed by atoms with Crippen LogP contribution in [0.2, 0.25) is 0 Å². The van der Waals surface area contributed by atoms with Gasteiger partial charge in [-0.3, -0.25) is 9.69 Å². The molecule has 3 fully saturated rings. The van der Waals surface area contributed by atoms with Gasteiger partial charge in [0.1, 0.15) is 0 Å². The molecule has 26 heavy (non-hydrogen) atoms. The van der Waals surface area contributed by atoms with E-state index in [1.165, 1.54) is 38.5 Å². The minimum Gasteiger partial charge on any atom is -0.379 e. The first-order valence-electron chi connectivity index (χ1n) is 10.0. The van der Waals surface area contributed by atoms with Gasteiger partial charge in [0, 0.05) is 38.0 Å². The Labute approximate surface area is 171 Å². The molecular formula is C19H37Cl2N3O2. The molecule has 3 aliphatic rings. The van der Waals surface area contributed by atoms with Crippen LogP contribution in [0.4, 0.5) is 0 Å². The predicted octanol–water partition coefficient (Wildman–Crippen LogP) is 2.62. The molecule has 1 unspecified atom stereocenters. The third-order valence-corrected chi connectivity index (χ3v) is 6.18. The van der Waals surface area contributed by atoms with Crippen molar-refractivity contribution in [1.82, 2.24) is 15.5 Å². The lowest BCUT2D eigenvalue weighted by atomic mass is 9.73. The van der Waals surface area contributed by atoms with Gasteiger partial charge in [-0.15, -0.1) is 24.8 Å². The van der Waals surface area contributed by atoms with E-state index in [-0.39, 0.29) is 30.7 Å². The van der Waals surface area contributed by atoms with Crippen LogP contribution in [-0.2, 0) is 9.53 Å². The molecule has 0 aromatic carbocycles. The summed E-state index contributed by atoms with van der Waals surface area (Å²) in [5.41, 5.74) is 0.292. The Morgan fingerprint density at radius 1 is 1.15 bits per heavy atom. The standard InChI is InChI=1S/C19H35N3O2.2ClH/c23-18(5-4-17-6-9-20-14-17)21-15-19(7-2-1-3-8-19)16-22-10-12-24-13-11-22;;/h17,20H,1-16H2,(H,21,23);2*1H. The summed E-state index contributed by atoms with van der Waals surface area (Å²) in [6.45, 7) is 8.02. The second-order valence-corrected chi connectivity index (χ2v) is 8.12. The molecule has 7 heteroatoms. The van der Waals surface area contributed by atoms with Gasteiger partial charge in [0.15, 0.2) is 0 Å². The minimum absolute atomic E-state index is 0. The molecule has 2 aliphatic heterocycles. The zero-order chi connectivity index (χ0) is 16.7. The highest BCUT2D eigenvalue weighted by atomic mass is 35.5. The molecule has 1 saturated carbocycles. The number of nitrogens with one attached hydrogen (secondary N) is 2. The number of rotatable bonds is 7. The quantitative estimate of drug-likeness (QED) is 0.678. The van der Waals surface area contributed by atoms with Crippen LogP contribution < -0.4 is 10.6 Å². The summed E-state index contributed by atoms with van der Waals surface area (Å²) in [7, 11) is 0. The molecule has 1 aliphatic carbocycles. The summed E-state index contributed by atoms with van der Waals surface area (Å²) < 4.78 is 5.48. The molecule has 0 spiro atoms.